The number of nitrogens with one attached hydrogen (secondary N) is 1. The first-order chi connectivity index (χ1) is 6.54. The van der Waals surface area contributed by atoms with E-state index < -0.39 is 6.04 Å². The molecule has 0 saturated carbocycles. The molecule has 0 aliphatic carbocycles. The van der Waals surface area contributed by atoms with Crippen molar-refractivity contribution in [3.8, 4) is 0 Å². The van der Waals surface area contributed by atoms with Crippen molar-refractivity contribution in [3.63, 3.8) is 0 Å². The van der Waals surface area contributed by atoms with Crippen LogP contribution >= 0.6 is 0 Å². The maximum absolute atomic E-state index is 11.5. The van der Waals surface area contributed by atoms with E-state index in [1.54, 1.807) is 0 Å². The van der Waals surface area contributed by atoms with Crippen molar-refractivity contribution in [2.45, 2.75) is 25.4 Å². The largest absolute Gasteiger partial charge is 0.469 e. The average molecular weight is 200 g/mol. The Hall–Kier alpha value is -1.10. The summed E-state index contributed by atoms with van der Waals surface area (Å²) >= 11 is 0. The van der Waals surface area contributed by atoms with Gasteiger partial charge in [-0.05, 0) is 14.0 Å². The van der Waals surface area contributed by atoms with Crippen molar-refractivity contribution in [1.29, 1.82) is 0 Å². The minimum atomic E-state index is -0.390. The molecule has 1 amide bonds. The molecular weight excluding hydrogens is 184 g/mol. The van der Waals surface area contributed by atoms with Gasteiger partial charge in [0.15, 0.2) is 0 Å². The summed E-state index contributed by atoms with van der Waals surface area (Å²) < 4.78 is 4.53. The van der Waals surface area contributed by atoms with Crippen LogP contribution in [0.15, 0.2) is 0 Å². The van der Waals surface area contributed by atoms with E-state index in [1.807, 2.05) is 18.9 Å². The summed E-state index contributed by atoms with van der Waals surface area (Å²) in [4.78, 5) is 24.4. The Morgan fingerprint density at radius 2 is 2.36 bits per heavy atom. The highest BCUT2D eigenvalue weighted by atomic mass is 16.5. The van der Waals surface area contributed by atoms with E-state index >= 15 is 0 Å². The zero-order valence-corrected chi connectivity index (χ0v) is 8.74. The van der Waals surface area contributed by atoms with Crippen LogP contribution in [-0.2, 0) is 14.3 Å². The Bertz CT molecular complexity index is 242. The zero-order chi connectivity index (χ0) is 10.7. The Morgan fingerprint density at radius 3 is 2.86 bits per heavy atom. The van der Waals surface area contributed by atoms with E-state index in [2.05, 4.69) is 10.1 Å². The highest BCUT2D eigenvalue weighted by Crippen LogP contribution is 2.09. The number of esters is 1. The third-order valence-electron chi connectivity index (χ3n) is 2.37. The molecule has 80 valence electrons. The maximum atomic E-state index is 11.5. The summed E-state index contributed by atoms with van der Waals surface area (Å²) in [7, 11) is 3.16. The van der Waals surface area contributed by atoms with E-state index in [1.165, 1.54) is 7.11 Å². The highest BCUT2D eigenvalue weighted by molar-refractivity contribution is 5.87. The minimum Gasteiger partial charge on any atom is -0.469 e. The highest BCUT2D eigenvalue weighted by Gasteiger charge is 2.32. The fourth-order valence-corrected chi connectivity index (χ4v) is 1.63. The molecule has 2 unspecified atom stereocenters. The average Bonchev–Trinajstić information content (AvgIpc) is 2.10. The van der Waals surface area contributed by atoms with E-state index in [-0.39, 0.29) is 24.3 Å². The molecule has 1 heterocycles. The molecule has 0 bridgehead atoms. The molecule has 5 nitrogen and oxygen atoms in total. The van der Waals surface area contributed by atoms with Crippen LogP contribution in [0.4, 0.5) is 0 Å². The summed E-state index contributed by atoms with van der Waals surface area (Å²) in [5, 5.41) is 2.80. The van der Waals surface area contributed by atoms with Crippen molar-refractivity contribution in [2.75, 3.05) is 20.7 Å². The number of hydrogen-bond acceptors (Lipinski definition) is 4. The molecule has 1 N–H and O–H groups in total. The van der Waals surface area contributed by atoms with Crippen LogP contribution in [-0.4, -0.2) is 49.6 Å². The lowest BCUT2D eigenvalue weighted by Gasteiger charge is -2.34. The third kappa shape index (κ3) is 2.45. The van der Waals surface area contributed by atoms with Gasteiger partial charge in [0.05, 0.1) is 19.6 Å². The molecular formula is C9H16N2O3. The number of nitrogens with zero attached hydrogens (tertiary/aromatic N) is 1. The molecule has 0 aromatic heterocycles. The number of hydrogen-bond donors (Lipinski definition) is 1. The summed E-state index contributed by atoms with van der Waals surface area (Å²) in [6.45, 7) is 2.69. The van der Waals surface area contributed by atoms with Gasteiger partial charge in [-0.25, -0.2) is 0 Å². The van der Waals surface area contributed by atoms with Crippen LogP contribution in [0.3, 0.4) is 0 Å². The molecule has 0 aromatic rings. The molecule has 0 spiro atoms. The van der Waals surface area contributed by atoms with Gasteiger partial charge in [-0.15, -0.1) is 0 Å². The van der Waals surface area contributed by atoms with Crippen molar-refractivity contribution in [2.24, 2.45) is 0 Å². The van der Waals surface area contributed by atoms with Gasteiger partial charge in [-0.3, -0.25) is 14.5 Å². The molecule has 1 aliphatic heterocycles. The molecule has 0 aromatic carbocycles. The quantitative estimate of drug-likeness (QED) is 0.603. The predicted octanol–water partition coefficient (Wildman–Crippen LogP) is -0.632. The van der Waals surface area contributed by atoms with Gasteiger partial charge in [0.1, 0.15) is 0 Å². The number of amides is 1. The van der Waals surface area contributed by atoms with Crippen molar-refractivity contribution in [3.05, 3.63) is 0 Å². The molecule has 1 saturated heterocycles. The Labute approximate surface area is 83.4 Å². The topological polar surface area (TPSA) is 58.6 Å². The number of piperazine rings is 1. The van der Waals surface area contributed by atoms with Crippen LogP contribution in [0.1, 0.15) is 13.3 Å². The SMILES string of the molecule is COC(=O)CC1C(=O)NC(C)CN1C. The summed E-state index contributed by atoms with van der Waals surface area (Å²) in [5.41, 5.74) is 0. The van der Waals surface area contributed by atoms with E-state index in [4.69, 9.17) is 0 Å². The number of carbonyl (C=O) groups is 2. The standard InChI is InChI=1S/C9H16N2O3/c1-6-5-11(2)7(9(13)10-6)4-8(12)14-3/h6-7H,4-5H2,1-3H3,(H,10,13). The number of carbonyl (C=O) groups excluding carboxylic acids is 2. The summed E-state index contributed by atoms with van der Waals surface area (Å²) in [6.07, 6.45) is 0.117. The van der Waals surface area contributed by atoms with Crippen molar-refractivity contribution in [1.82, 2.24) is 10.2 Å². The summed E-state index contributed by atoms with van der Waals surface area (Å²) in [6, 6.07) is -0.250. The minimum absolute atomic E-state index is 0.100. The Balaban J connectivity index is 2.58. The lowest BCUT2D eigenvalue weighted by molar-refractivity contribution is -0.146. The van der Waals surface area contributed by atoms with Gasteiger partial charge >= 0.3 is 5.97 Å². The van der Waals surface area contributed by atoms with E-state index in [9.17, 15) is 9.59 Å². The Kier molecular flexibility index (Phi) is 3.46. The van der Waals surface area contributed by atoms with Gasteiger partial charge in [0.2, 0.25) is 5.91 Å². The van der Waals surface area contributed by atoms with Gasteiger partial charge in [0.25, 0.3) is 0 Å². The number of methoxy groups -OCH3 is 1. The Morgan fingerprint density at radius 1 is 1.71 bits per heavy atom. The maximum Gasteiger partial charge on any atom is 0.307 e. The second-order valence-electron chi connectivity index (χ2n) is 3.65. The molecule has 1 rings (SSSR count). The first-order valence-corrected chi connectivity index (χ1v) is 4.62. The normalized spacial score (nSPS) is 28.4. The number of ether oxygens (including phenoxy) is 1. The summed E-state index contributed by atoms with van der Waals surface area (Å²) in [5.74, 6) is -0.455. The smallest absolute Gasteiger partial charge is 0.307 e. The van der Waals surface area contributed by atoms with Crippen molar-refractivity contribution < 1.29 is 14.3 Å². The van der Waals surface area contributed by atoms with Gasteiger partial charge in [-0.1, -0.05) is 0 Å². The number of likely N-dealkylation sites (N-methyl/N-ethyl adjacent to an activating group) is 1. The second kappa shape index (κ2) is 4.41. The third-order valence-corrected chi connectivity index (χ3v) is 2.37. The molecule has 2 atom stereocenters. The van der Waals surface area contributed by atoms with Crippen LogP contribution in [0.25, 0.3) is 0 Å². The first kappa shape index (κ1) is 11.0. The van der Waals surface area contributed by atoms with Crippen molar-refractivity contribution >= 4 is 11.9 Å². The van der Waals surface area contributed by atoms with Gasteiger partial charge in [-0.2, -0.15) is 0 Å². The molecule has 5 heteroatoms. The second-order valence-corrected chi connectivity index (χ2v) is 3.65. The van der Waals surface area contributed by atoms with Crippen LogP contribution < -0.4 is 5.32 Å². The predicted molar refractivity (Wildman–Crippen MR) is 50.7 cm³/mol. The van der Waals surface area contributed by atoms with Crippen LogP contribution in [0.5, 0.6) is 0 Å². The van der Waals surface area contributed by atoms with Crippen LogP contribution in [0.2, 0.25) is 0 Å². The lowest BCUT2D eigenvalue weighted by Crippen LogP contribution is -2.58. The molecule has 1 aliphatic rings. The van der Waals surface area contributed by atoms with Gasteiger partial charge in [0, 0.05) is 12.6 Å². The van der Waals surface area contributed by atoms with Crippen LogP contribution in [0, 0.1) is 0 Å². The molecule has 0 radical (unpaired) electrons. The van der Waals surface area contributed by atoms with Gasteiger partial charge < -0.3 is 10.1 Å². The van der Waals surface area contributed by atoms with E-state index in [0.29, 0.717) is 0 Å². The van der Waals surface area contributed by atoms with E-state index in [0.717, 1.165) is 6.54 Å². The fourth-order valence-electron chi connectivity index (χ4n) is 1.63. The zero-order valence-electron chi connectivity index (χ0n) is 8.74. The molecule has 14 heavy (non-hydrogen) atoms. The lowest BCUT2D eigenvalue weighted by atomic mass is 10.1. The number of rotatable bonds is 2. The first-order valence-electron chi connectivity index (χ1n) is 4.62. The fraction of sp³-hybridized carbons (Fsp3) is 0.778. The molecule has 1 fully saturated rings. The monoisotopic (exact) mass is 200 g/mol.